The van der Waals surface area contributed by atoms with Gasteiger partial charge in [-0.2, -0.15) is 0 Å². The molecule has 0 unspecified atom stereocenters. The summed E-state index contributed by atoms with van der Waals surface area (Å²) in [6.07, 6.45) is 2.83. The Kier molecular flexibility index (Phi) is 6.26. The summed E-state index contributed by atoms with van der Waals surface area (Å²) in [6, 6.07) is 24.1. The van der Waals surface area contributed by atoms with Crippen molar-refractivity contribution in [3.05, 3.63) is 90.1 Å². The third-order valence-corrected chi connectivity index (χ3v) is 7.88. The minimum atomic E-state index is 0.0257. The summed E-state index contributed by atoms with van der Waals surface area (Å²) in [5, 5.41) is 32.4. The second-order valence-corrected chi connectivity index (χ2v) is 10.3. The Morgan fingerprint density at radius 1 is 0.775 bits per heavy atom. The van der Waals surface area contributed by atoms with Crippen molar-refractivity contribution >= 4 is 32.7 Å². The number of morpholine rings is 1. The SMILES string of the molecule is Oc1c2ccccc2c(O)c2c1nnn2Cc1ccc(-c2ccc(CCN3CCOCC3)c3cccnc23)cc1. The molecule has 8 nitrogen and oxygen atoms in total. The number of nitrogens with zero attached hydrogens (tertiary/aromatic N) is 5. The fourth-order valence-electron chi connectivity index (χ4n) is 5.72. The van der Waals surface area contributed by atoms with E-state index in [-0.39, 0.29) is 11.5 Å². The zero-order chi connectivity index (χ0) is 27.1. The summed E-state index contributed by atoms with van der Waals surface area (Å²) in [4.78, 5) is 7.22. The van der Waals surface area contributed by atoms with Gasteiger partial charge in [0.25, 0.3) is 0 Å². The highest BCUT2D eigenvalue weighted by Gasteiger charge is 2.19. The average Bonchev–Trinajstić information content (AvgIpc) is 3.43. The Hall–Kier alpha value is -4.53. The number of pyridine rings is 1. The van der Waals surface area contributed by atoms with Gasteiger partial charge in [0.1, 0.15) is 5.52 Å². The first kappa shape index (κ1) is 24.5. The van der Waals surface area contributed by atoms with Gasteiger partial charge in [0.2, 0.25) is 0 Å². The summed E-state index contributed by atoms with van der Waals surface area (Å²) in [5.41, 5.74) is 6.21. The van der Waals surface area contributed by atoms with Crippen LogP contribution in [0.5, 0.6) is 11.5 Å². The van der Waals surface area contributed by atoms with E-state index < -0.39 is 0 Å². The molecule has 0 spiro atoms. The van der Waals surface area contributed by atoms with Crippen molar-refractivity contribution in [2.45, 2.75) is 13.0 Å². The number of benzene rings is 4. The smallest absolute Gasteiger partial charge is 0.159 e. The maximum Gasteiger partial charge on any atom is 0.159 e. The summed E-state index contributed by atoms with van der Waals surface area (Å²) < 4.78 is 7.12. The summed E-state index contributed by atoms with van der Waals surface area (Å²) >= 11 is 0. The van der Waals surface area contributed by atoms with Crippen molar-refractivity contribution in [1.29, 1.82) is 0 Å². The molecular formula is C32H29N5O3. The summed E-state index contributed by atoms with van der Waals surface area (Å²) in [5.74, 6) is 0.0917. The fraction of sp³-hybridized carbons (Fsp3) is 0.219. The molecule has 2 aromatic heterocycles. The van der Waals surface area contributed by atoms with E-state index in [0.29, 0.717) is 28.4 Å². The normalized spacial score (nSPS) is 14.4. The minimum absolute atomic E-state index is 0.0257. The quantitative estimate of drug-likeness (QED) is 0.288. The number of phenolic OH excluding ortho intramolecular Hbond substituents is 2. The number of aromatic nitrogens is 4. The van der Waals surface area contributed by atoms with Gasteiger partial charge in [0.05, 0.1) is 25.3 Å². The number of hydrogen-bond donors (Lipinski definition) is 2. The predicted molar refractivity (Wildman–Crippen MR) is 156 cm³/mol. The summed E-state index contributed by atoms with van der Waals surface area (Å²) in [6.45, 7) is 5.02. The molecule has 0 saturated carbocycles. The van der Waals surface area contributed by atoms with Gasteiger partial charge in [0, 0.05) is 47.6 Å². The molecule has 2 N–H and O–H groups in total. The van der Waals surface area contributed by atoms with Gasteiger partial charge in [-0.05, 0) is 29.2 Å². The van der Waals surface area contributed by atoms with Gasteiger partial charge in [-0.3, -0.25) is 9.88 Å². The number of rotatable bonds is 6. The standard InChI is InChI=1S/C32H29N5O3/c38-31-26-4-1-2-5-27(26)32(39)30-29(31)34-35-37(30)20-21-7-9-22(10-8-21)25-12-11-23(24-6-3-14-33-28(24)25)13-15-36-16-18-40-19-17-36/h1-12,14,38-39H,13,15-20H2. The molecule has 1 fully saturated rings. The summed E-state index contributed by atoms with van der Waals surface area (Å²) in [7, 11) is 0. The zero-order valence-corrected chi connectivity index (χ0v) is 22.0. The third kappa shape index (κ3) is 4.31. The largest absolute Gasteiger partial charge is 0.505 e. The Morgan fingerprint density at radius 3 is 2.33 bits per heavy atom. The van der Waals surface area contributed by atoms with E-state index in [1.807, 2.05) is 24.4 Å². The highest BCUT2D eigenvalue weighted by Crippen LogP contribution is 2.40. The molecule has 8 heteroatoms. The molecule has 1 aliphatic rings. The molecule has 1 aliphatic heterocycles. The van der Waals surface area contributed by atoms with Crippen LogP contribution in [0.25, 0.3) is 43.8 Å². The lowest BCUT2D eigenvalue weighted by Gasteiger charge is -2.26. The lowest BCUT2D eigenvalue weighted by molar-refractivity contribution is 0.0385. The van der Waals surface area contributed by atoms with Crippen LogP contribution < -0.4 is 0 Å². The van der Waals surface area contributed by atoms with Gasteiger partial charge in [0.15, 0.2) is 17.0 Å². The van der Waals surface area contributed by atoms with Crippen molar-refractivity contribution in [1.82, 2.24) is 24.9 Å². The molecule has 0 amide bonds. The molecular weight excluding hydrogens is 502 g/mol. The number of fused-ring (bicyclic) bond motifs is 3. The van der Waals surface area contributed by atoms with E-state index in [1.54, 1.807) is 16.8 Å². The first-order valence-electron chi connectivity index (χ1n) is 13.6. The average molecular weight is 532 g/mol. The fourth-order valence-corrected chi connectivity index (χ4v) is 5.72. The zero-order valence-electron chi connectivity index (χ0n) is 22.0. The molecule has 40 heavy (non-hydrogen) atoms. The van der Waals surface area contributed by atoms with E-state index in [4.69, 9.17) is 9.72 Å². The van der Waals surface area contributed by atoms with Crippen molar-refractivity contribution in [3.63, 3.8) is 0 Å². The van der Waals surface area contributed by atoms with Crippen LogP contribution in [-0.4, -0.2) is 67.9 Å². The van der Waals surface area contributed by atoms with Gasteiger partial charge in [-0.1, -0.05) is 71.9 Å². The first-order valence-corrected chi connectivity index (χ1v) is 13.6. The lowest BCUT2D eigenvalue weighted by Crippen LogP contribution is -2.37. The molecule has 3 heterocycles. The second-order valence-electron chi connectivity index (χ2n) is 10.3. The second kappa shape index (κ2) is 10.2. The lowest BCUT2D eigenvalue weighted by atomic mass is 9.96. The highest BCUT2D eigenvalue weighted by molar-refractivity contribution is 6.07. The van der Waals surface area contributed by atoms with Crippen molar-refractivity contribution < 1.29 is 14.9 Å². The molecule has 200 valence electrons. The number of ether oxygens (including phenoxy) is 1. The van der Waals surface area contributed by atoms with E-state index >= 15 is 0 Å². The molecule has 6 aromatic rings. The van der Waals surface area contributed by atoms with Crippen LogP contribution in [0.3, 0.4) is 0 Å². The maximum absolute atomic E-state index is 11.0. The van der Waals surface area contributed by atoms with Crippen LogP contribution in [-0.2, 0) is 17.7 Å². The number of hydrogen-bond acceptors (Lipinski definition) is 7. The van der Waals surface area contributed by atoms with Crippen LogP contribution in [0.4, 0.5) is 0 Å². The van der Waals surface area contributed by atoms with Gasteiger partial charge in [-0.25, -0.2) is 4.68 Å². The Labute approximate surface area is 231 Å². The topological polar surface area (TPSA) is 96.5 Å². The number of aromatic hydroxyl groups is 2. The van der Waals surface area contributed by atoms with Crippen LogP contribution in [0, 0.1) is 0 Å². The Morgan fingerprint density at radius 2 is 1.52 bits per heavy atom. The monoisotopic (exact) mass is 531 g/mol. The van der Waals surface area contributed by atoms with E-state index in [0.717, 1.165) is 61.5 Å². The van der Waals surface area contributed by atoms with Gasteiger partial charge >= 0.3 is 0 Å². The number of phenols is 2. The molecule has 0 radical (unpaired) electrons. The molecule has 0 atom stereocenters. The molecule has 4 aromatic carbocycles. The molecule has 7 rings (SSSR count). The van der Waals surface area contributed by atoms with E-state index in [1.165, 1.54) is 10.9 Å². The molecule has 1 saturated heterocycles. The van der Waals surface area contributed by atoms with Crippen LogP contribution in [0.1, 0.15) is 11.1 Å². The third-order valence-electron chi connectivity index (χ3n) is 7.88. The van der Waals surface area contributed by atoms with Crippen LogP contribution in [0.15, 0.2) is 79.0 Å². The van der Waals surface area contributed by atoms with Gasteiger partial charge < -0.3 is 14.9 Å². The Balaban J connectivity index is 1.17. The molecule has 0 bridgehead atoms. The maximum atomic E-state index is 11.0. The van der Waals surface area contributed by atoms with Crippen molar-refractivity contribution in [3.8, 4) is 22.6 Å². The minimum Gasteiger partial charge on any atom is -0.505 e. The van der Waals surface area contributed by atoms with Crippen molar-refractivity contribution in [2.75, 3.05) is 32.8 Å². The van der Waals surface area contributed by atoms with Crippen molar-refractivity contribution in [2.24, 2.45) is 0 Å². The van der Waals surface area contributed by atoms with Crippen LogP contribution in [0.2, 0.25) is 0 Å². The van der Waals surface area contributed by atoms with E-state index in [2.05, 4.69) is 57.7 Å². The Bertz CT molecular complexity index is 1840. The van der Waals surface area contributed by atoms with Crippen LogP contribution >= 0.6 is 0 Å². The van der Waals surface area contributed by atoms with E-state index in [9.17, 15) is 10.2 Å². The predicted octanol–water partition coefficient (Wildman–Crippen LogP) is 5.13. The first-order chi connectivity index (χ1) is 19.7. The van der Waals surface area contributed by atoms with Gasteiger partial charge in [-0.15, -0.1) is 5.10 Å². The molecule has 0 aliphatic carbocycles. The highest BCUT2D eigenvalue weighted by atomic mass is 16.5.